The van der Waals surface area contributed by atoms with Gasteiger partial charge in [-0.2, -0.15) is 4.31 Å². The van der Waals surface area contributed by atoms with Gasteiger partial charge in [-0.25, -0.2) is 13.4 Å². The number of piperidine rings is 1. The number of benzene rings is 1. The summed E-state index contributed by atoms with van der Waals surface area (Å²) in [6.45, 7) is 5.74. The molecule has 1 amide bonds. The zero-order valence-corrected chi connectivity index (χ0v) is 19.9. The standard InChI is InChI=1S/C21H27ClN4O3S2/c1-16-4-2-10-26(15-16)31(28,29)19-14-17(5-6-18(19)22)20(27)24-8-3-9-25(12-11-24)21-23-7-13-30-21/h5-7,13-14,16H,2-4,8-12,15H2,1H3. The molecule has 0 radical (unpaired) electrons. The van der Waals surface area contributed by atoms with Gasteiger partial charge in [-0.1, -0.05) is 18.5 Å². The molecule has 1 unspecified atom stereocenters. The summed E-state index contributed by atoms with van der Waals surface area (Å²) in [6.07, 6.45) is 4.47. The molecule has 4 rings (SSSR count). The highest BCUT2D eigenvalue weighted by Crippen LogP contribution is 2.29. The fourth-order valence-electron chi connectivity index (χ4n) is 4.20. The van der Waals surface area contributed by atoms with E-state index >= 15 is 0 Å². The van der Waals surface area contributed by atoms with Crippen LogP contribution in [0.4, 0.5) is 5.13 Å². The third kappa shape index (κ3) is 4.89. The topological polar surface area (TPSA) is 73.8 Å². The van der Waals surface area contributed by atoms with Crippen LogP contribution in [0.2, 0.25) is 5.02 Å². The van der Waals surface area contributed by atoms with Crippen LogP contribution in [-0.2, 0) is 10.0 Å². The fraction of sp³-hybridized carbons (Fsp3) is 0.524. The van der Waals surface area contributed by atoms with Gasteiger partial charge in [0.05, 0.1) is 5.02 Å². The molecular formula is C21H27ClN4O3S2. The molecule has 0 saturated carbocycles. The molecule has 1 aromatic carbocycles. The predicted octanol–water partition coefficient (Wildman–Crippen LogP) is 3.57. The van der Waals surface area contributed by atoms with Gasteiger partial charge in [-0.15, -0.1) is 11.3 Å². The Morgan fingerprint density at radius 1 is 1.16 bits per heavy atom. The van der Waals surface area contributed by atoms with Crippen LogP contribution < -0.4 is 4.90 Å². The van der Waals surface area contributed by atoms with E-state index in [1.807, 2.05) is 5.38 Å². The number of carbonyl (C=O) groups is 1. The average molecular weight is 483 g/mol. The van der Waals surface area contributed by atoms with Crippen LogP contribution in [0.15, 0.2) is 34.7 Å². The van der Waals surface area contributed by atoms with Crippen molar-refractivity contribution in [2.75, 3.05) is 44.2 Å². The molecule has 2 fully saturated rings. The molecule has 2 aliphatic heterocycles. The van der Waals surface area contributed by atoms with Crippen molar-refractivity contribution in [1.29, 1.82) is 0 Å². The Balaban J connectivity index is 1.53. The van der Waals surface area contributed by atoms with Crippen molar-refractivity contribution in [2.45, 2.75) is 31.1 Å². The lowest BCUT2D eigenvalue weighted by molar-refractivity contribution is 0.0767. The Bertz CT molecular complexity index is 1030. The summed E-state index contributed by atoms with van der Waals surface area (Å²) < 4.78 is 28.0. The van der Waals surface area contributed by atoms with Gasteiger partial charge in [0.2, 0.25) is 10.0 Å². The van der Waals surface area contributed by atoms with Gasteiger partial charge in [-0.05, 0) is 43.4 Å². The van der Waals surface area contributed by atoms with Crippen LogP contribution in [0.25, 0.3) is 0 Å². The molecule has 2 saturated heterocycles. The van der Waals surface area contributed by atoms with Crippen molar-refractivity contribution in [3.05, 3.63) is 40.4 Å². The van der Waals surface area contributed by atoms with Gasteiger partial charge in [0.25, 0.3) is 5.91 Å². The normalized spacial score (nSPS) is 21.2. The van der Waals surface area contributed by atoms with Crippen molar-refractivity contribution in [1.82, 2.24) is 14.2 Å². The Morgan fingerprint density at radius 2 is 2.00 bits per heavy atom. The van der Waals surface area contributed by atoms with E-state index in [0.717, 1.165) is 30.9 Å². The van der Waals surface area contributed by atoms with Crippen LogP contribution in [0, 0.1) is 5.92 Å². The van der Waals surface area contributed by atoms with Crippen molar-refractivity contribution in [2.24, 2.45) is 5.92 Å². The van der Waals surface area contributed by atoms with E-state index < -0.39 is 10.0 Å². The van der Waals surface area contributed by atoms with Gasteiger partial charge in [0.1, 0.15) is 4.90 Å². The van der Waals surface area contributed by atoms with E-state index in [1.54, 1.807) is 28.5 Å². The SMILES string of the molecule is CC1CCCN(S(=O)(=O)c2cc(C(=O)N3CCCN(c4nccs4)CC3)ccc2Cl)C1. The zero-order chi connectivity index (χ0) is 22.0. The predicted molar refractivity (Wildman–Crippen MR) is 123 cm³/mol. The number of carbonyl (C=O) groups excluding carboxylic acids is 1. The zero-order valence-electron chi connectivity index (χ0n) is 17.5. The van der Waals surface area contributed by atoms with Gasteiger partial charge in [0.15, 0.2) is 5.13 Å². The summed E-state index contributed by atoms with van der Waals surface area (Å²) in [5.74, 6) is 0.145. The molecule has 10 heteroatoms. The summed E-state index contributed by atoms with van der Waals surface area (Å²) in [5, 5.41) is 3.06. The molecule has 168 valence electrons. The fourth-order valence-corrected chi connectivity index (χ4v) is 7.00. The summed E-state index contributed by atoms with van der Waals surface area (Å²) in [7, 11) is -3.74. The van der Waals surface area contributed by atoms with E-state index in [0.29, 0.717) is 44.2 Å². The van der Waals surface area contributed by atoms with Gasteiger partial charge >= 0.3 is 0 Å². The smallest absolute Gasteiger partial charge is 0.253 e. The first-order valence-electron chi connectivity index (χ1n) is 10.6. The molecule has 7 nitrogen and oxygen atoms in total. The number of thiazole rings is 1. The maximum absolute atomic E-state index is 13.2. The first-order valence-corrected chi connectivity index (χ1v) is 13.3. The highest BCUT2D eigenvalue weighted by molar-refractivity contribution is 7.89. The number of halogens is 1. The van der Waals surface area contributed by atoms with Crippen LogP contribution in [0.3, 0.4) is 0 Å². The van der Waals surface area contributed by atoms with E-state index in [9.17, 15) is 13.2 Å². The first-order chi connectivity index (χ1) is 14.9. The first kappa shape index (κ1) is 22.5. The Morgan fingerprint density at radius 3 is 2.74 bits per heavy atom. The minimum Gasteiger partial charge on any atom is -0.346 e. The molecule has 3 heterocycles. The molecule has 2 aromatic rings. The van der Waals surface area contributed by atoms with Gasteiger partial charge in [0, 0.05) is 56.4 Å². The van der Waals surface area contributed by atoms with Gasteiger partial charge < -0.3 is 9.80 Å². The van der Waals surface area contributed by atoms with E-state index in [4.69, 9.17) is 11.6 Å². The Labute approximate surface area is 192 Å². The van der Waals surface area contributed by atoms with E-state index in [1.165, 1.54) is 16.4 Å². The van der Waals surface area contributed by atoms with Crippen LogP contribution in [0.1, 0.15) is 36.5 Å². The van der Waals surface area contributed by atoms with E-state index in [2.05, 4.69) is 16.8 Å². The third-order valence-electron chi connectivity index (χ3n) is 5.89. The molecule has 1 atom stereocenters. The minimum atomic E-state index is -3.74. The maximum atomic E-state index is 13.2. The number of hydrogen-bond acceptors (Lipinski definition) is 6. The molecule has 0 aliphatic carbocycles. The van der Waals surface area contributed by atoms with Crippen LogP contribution >= 0.6 is 22.9 Å². The number of anilines is 1. The van der Waals surface area contributed by atoms with Crippen LogP contribution in [-0.4, -0.2) is 67.8 Å². The van der Waals surface area contributed by atoms with Gasteiger partial charge in [-0.3, -0.25) is 4.79 Å². The molecule has 0 spiro atoms. The molecule has 2 aliphatic rings. The molecule has 1 aromatic heterocycles. The quantitative estimate of drug-likeness (QED) is 0.666. The summed E-state index contributed by atoms with van der Waals surface area (Å²) in [6, 6.07) is 4.59. The number of rotatable bonds is 4. The number of sulfonamides is 1. The van der Waals surface area contributed by atoms with Crippen molar-refractivity contribution < 1.29 is 13.2 Å². The van der Waals surface area contributed by atoms with Crippen molar-refractivity contribution in [3.8, 4) is 0 Å². The Hall–Kier alpha value is -1.68. The largest absolute Gasteiger partial charge is 0.346 e. The average Bonchev–Trinajstić information content (AvgIpc) is 3.18. The van der Waals surface area contributed by atoms with E-state index in [-0.39, 0.29) is 15.8 Å². The number of aromatic nitrogens is 1. The number of amides is 1. The Kier molecular flexibility index (Phi) is 6.86. The summed E-state index contributed by atoms with van der Waals surface area (Å²) in [5.41, 5.74) is 0.357. The molecule has 0 N–H and O–H groups in total. The molecule has 31 heavy (non-hydrogen) atoms. The summed E-state index contributed by atoms with van der Waals surface area (Å²) >= 11 is 7.88. The van der Waals surface area contributed by atoms with Crippen LogP contribution in [0.5, 0.6) is 0 Å². The third-order valence-corrected chi connectivity index (χ3v) is 9.07. The highest BCUT2D eigenvalue weighted by atomic mass is 35.5. The van der Waals surface area contributed by atoms with Crippen molar-refractivity contribution >= 4 is 44.0 Å². The highest BCUT2D eigenvalue weighted by Gasteiger charge is 2.31. The minimum absolute atomic E-state index is 0.0216. The number of nitrogens with zero attached hydrogens (tertiary/aromatic N) is 4. The lowest BCUT2D eigenvalue weighted by Crippen LogP contribution is -2.39. The second-order valence-electron chi connectivity index (χ2n) is 8.20. The second kappa shape index (κ2) is 9.44. The molecule has 0 bridgehead atoms. The lowest BCUT2D eigenvalue weighted by atomic mass is 10.0. The van der Waals surface area contributed by atoms with Crippen molar-refractivity contribution in [3.63, 3.8) is 0 Å². The lowest BCUT2D eigenvalue weighted by Gasteiger charge is -2.30. The maximum Gasteiger partial charge on any atom is 0.253 e. The molecular weight excluding hydrogens is 456 g/mol. The monoisotopic (exact) mass is 482 g/mol. The summed E-state index contributed by atoms with van der Waals surface area (Å²) in [4.78, 5) is 21.6. The number of hydrogen-bond donors (Lipinski definition) is 0. The second-order valence-corrected chi connectivity index (χ2v) is 11.4.